The highest BCUT2D eigenvalue weighted by atomic mass is 32.1. The van der Waals surface area contributed by atoms with Crippen molar-refractivity contribution in [3.05, 3.63) is 91.5 Å². The number of nitrogens with one attached hydrogen (secondary N) is 2. The molecule has 2 aliphatic rings. The molecule has 1 unspecified atom stereocenters. The van der Waals surface area contributed by atoms with Gasteiger partial charge in [0.05, 0.1) is 30.4 Å². The van der Waals surface area contributed by atoms with Gasteiger partial charge in [0.15, 0.2) is 5.82 Å². The highest BCUT2D eigenvalue weighted by molar-refractivity contribution is 7.14. The van der Waals surface area contributed by atoms with Gasteiger partial charge in [0.25, 0.3) is 11.5 Å². The molecule has 0 radical (unpaired) electrons. The maximum Gasteiger partial charge on any atom is 0.293 e. The van der Waals surface area contributed by atoms with Crippen LogP contribution < -0.4 is 16.2 Å². The van der Waals surface area contributed by atoms with Crippen molar-refractivity contribution in [3.8, 4) is 11.3 Å². The first-order chi connectivity index (χ1) is 23.2. The van der Waals surface area contributed by atoms with E-state index in [2.05, 4.69) is 15.5 Å². The van der Waals surface area contributed by atoms with Crippen LogP contribution >= 0.6 is 11.3 Å². The fourth-order valence-corrected chi connectivity index (χ4v) is 7.44. The molecule has 48 heavy (non-hydrogen) atoms. The normalized spacial score (nSPS) is 16.3. The molecule has 0 saturated carbocycles. The van der Waals surface area contributed by atoms with Crippen LogP contribution in [0.5, 0.6) is 0 Å². The van der Waals surface area contributed by atoms with E-state index in [1.807, 2.05) is 55.5 Å². The average molecular weight is 671 g/mol. The number of aryl methyl sites for hydroxylation is 3. The molecular weight excluding hydrogens is 629 g/mol. The Morgan fingerprint density at radius 1 is 1.15 bits per heavy atom. The second kappa shape index (κ2) is 14.8. The number of hydrogen-bond acceptors (Lipinski definition) is 9. The summed E-state index contributed by atoms with van der Waals surface area (Å²) in [7, 11) is 3.38. The van der Waals surface area contributed by atoms with Crippen molar-refractivity contribution in [3.63, 3.8) is 0 Å². The van der Waals surface area contributed by atoms with E-state index in [1.165, 1.54) is 32.7 Å². The topological polar surface area (TPSA) is 129 Å². The first kappa shape index (κ1) is 33.5. The molecule has 252 valence electrons. The van der Waals surface area contributed by atoms with Crippen LogP contribution in [0.25, 0.3) is 11.3 Å². The number of aromatic nitrogens is 2. The first-order valence-corrected chi connectivity index (χ1v) is 17.2. The molecule has 2 amide bonds. The summed E-state index contributed by atoms with van der Waals surface area (Å²) >= 11 is 1.59. The van der Waals surface area contributed by atoms with Crippen molar-refractivity contribution in [1.82, 2.24) is 19.4 Å². The maximum absolute atomic E-state index is 13.2. The van der Waals surface area contributed by atoms with Gasteiger partial charge in [-0.15, -0.1) is 11.3 Å². The Hall–Kier alpha value is -4.36. The van der Waals surface area contributed by atoms with Crippen LogP contribution in [0, 0.1) is 6.92 Å². The predicted molar refractivity (Wildman–Crippen MR) is 188 cm³/mol. The van der Waals surface area contributed by atoms with Crippen LogP contribution in [0.4, 0.5) is 17.2 Å². The molecule has 1 aliphatic carbocycles. The molecule has 4 aromatic rings. The summed E-state index contributed by atoms with van der Waals surface area (Å²) in [4.78, 5) is 49.7. The number of thiophene rings is 1. The van der Waals surface area contributed by atoms with Gasteiger partial charge < -0.3 is 29.9 Å². The summed E-state index contributed by atoms with van der Waals surface area (Å²) in [6, 6.07) is 15.0. The van der Waals surface area contributed by atoms with Gasteiger partial charge in [-0.05, 0) is 73.6 Å². The molecule has 1 saturated heterocycles. The summed E-state index contributed by atoms with van der Waals surface area (Å²) in [6.45, 7) is 4.16. The predicted octanol–water partition coefficient (Wildman–Crippen LogP) is 4.34. The highest BCUT2D eigenvalue weighted by Gasteiger charge is 2.31. The third-order valence-electron chi connectivity index (χ3n) is 9.09. The molecule has 11 nitrogen and oxygen atoms in total. The largest absolute Gasteiger partial charge is 0.395 e. The van der Waals surface area contributed by atoms with Gasteiger partial charge in [-0.3, -0.25) is 19.3 Å². The lowest BCUT2D eigenvalue weighted by Crippen LogP contribution is -2.54. The summed E-state index contributed by atoms with van der Waals surface area (Å²) in [5.74, 6) is -0.00183. The molecule has 0 bridgehead atoms. The number of carbonyl (C=O) groups excluding carboxylic acids is 2. The Kier molecular flexibility index (Phi) is 10.4. The number of aliphatic hydroxyl groups excluding tert-OH is 1. The summed E-state index contributed by atoms with van der Waals surface area (Å²) in [5.41, 5.74) is 5.72. The van der Waals surface area contributed by atoms with E-state index in [0.717, 1.165) is 34.4 Å². The van der Waals surface area contributed by atoms with Crippen molar-refractivity contribution in [2.45, 2.75) is 45.2 Å². The minimum absolute atomic E-state index is 0.0761. The minimum atomic E-state index is -0.417. The molecule has 3 heterocycles. The smallest absolute Gasteiger partial charge is 0.293 e. The van der Waals surface area contributed by atoms with E-state index in [0.29, 0.717) is 43.4 Å². The number of carbonyl (C=O) groups is 2. The summed E-state index contributed by atoms with van der Waals surface area (Å²) in [5, 5.41) is 15.5. The van der Waals surface area contributed by atoms with Gasteiger partial charge in [0.2, 0.25) is 5.91 Å². The molecule has 2 aromatic heterocycles. The summed E-state index contributed by atoms with van der Waals surface area (Å²) in [6.07, 6.45) is 6.13. The van der Waals surface area contributed by atoms with Crippen molar-refractivity contribution in [2.24, 2.45) is 7.05 Å². The molecule has 12 heteroatoms. The zero-order valence-electron chi connectivity index (χ0n) is 27.6. The molecule has 1 aliphatic heterocycles. The number of aliphatic hydroxyl groups is 1. The SMILES string of the molecule is Cc1c(NC(=O)c2cc3c(s2)CCCC3)cccc1-c1cn(C)c(=O)c(Nc2ccc(CN3CCOCC3C(=O)N(C)CCO)cc2)n1. The monoisotopic (exact) mass is 670 g/mol. The van der Waals surface area contributed by atoms with Crippen LogP contribution in [0.15, 0.2) is 59.5 Å². The Morgan fingerprint density at radius 2 is 1.94 bits per heavy atom. The van der Waals surface area contributed by atoms with Crippen LogP contribution in [-0.2, 0) is 36.0 Å². The third kappa shape index (κ3) is 7.36. The lowest BCUT2D eigenvalue weighted by molar-refractivity contribution is -0.142. The van der Waals surface area contributed by atoms with E-state index in [1.54, 1.807) is 31.6 Å². The Labute approximate surface area is 284 Å². The minimum Gasteiger partial charge on any atom is -0.395 e. The summed E-state index contributed by atoms with van der Waals surface area (Å²) < 4.78 is 7.10. The maximum atomic E-state index is 13.2. The van der Waals surface area contributed by atoms with E-state index in [-0.39, 0.29) is 36.3 Å². The zero-order chi connectivity index (χ0) is 33.8. The number of likely N-dealkylation sites (N-methyl/N-ethyl adjacent to an activating group) is 1. The Morgan fingerprint density at radius 3 is 2.71 bits per heavy atom. The Balaban J connectivity index is 1.17. The number of nitrogens with zero attached hydrogens (tertiary/aromatic N) is 4. The average Bonchev–Trinajstić information content (AvgIpc) is 3.53. The molecule has 3 N–H and O–H groups in total. The molecule has 1 atom stereocenters. The van der Waals surface area contributed by atoms with Crippen molar-refractivity contribution in [2.75, 3.05) is 50.6 Å². The van der Waals surface area contributed by atoms with E-state index in [9.17, 15) is 19.5 Å². The number of rotatable bonds is 10. The number of amides is 2. The number of morpholine rings is 1. The van der Waals surface area contributed by atoms with Crippen molar-refractivity contribution < 1.29 is 19.4 Å². The van der Waals surface area contributed by atoms with Crippen LogP contribution in [-0.4, -0.2) is 82.3 Å². The molecular formula is C36H42N6O5S. The second-order valence-electron chi connectivity index (χ2n) is 12.5. The number of ether oxygens (including phenoxy) is 1. The lowest BCUT2D eigenvalue weighted by Gasteiger charge is -2.36. The number of anilines is 3. The zero-order valence-corrected chi connectivity index (χ0v) is 28.4. The van der Waals surface area contributed by atoms with Gasteiger partial charge in [-0.2, -0.15) is 0 Å². The van der Waals surface area contributed by atoms with Crippen LogP contribution in [0.1, 0.15) is 44.1 Å². The number of hydrogen-bond donors (Lipinski definition) is 3. The third-order valence-corrected chi connectivity index (χ3v) is 10.3. The van der Waals surface area contributed by atoms with Gasteiger partial charge in [0.1, 0.15) is 6.04 Å². The van der Waals surface area contributed by atoms with Gasteiger partial charge in [-0.25, -0.2) is 4.98 Å². The quantitative estimate of drug-likeness (QED) is 0.227. The fourth-order valence-electron chi connectivity index (χ4n) is 6.29. The van der Waals surface area contributed by atoms with Gasteiger partial charge >= 0.3 is 0 Å². The molecule has 2 aromatic carbocycles. The van der Waals surface area contributed by atoms with Crippen LogP contribution in [0.2, 0.25) is 0 Å². The van der Waals surface area contributed by atoms with Crippen molar-refractivity contribution in [1.29, 1.82) is 0 Å². The van der Waals surface area contributed by atoms with Crippen molar-refractivity contribution >= 4 is 40.3 Å². The number of fused-ring (bicyclic) bond motifs is 1. The molecule has 0 spiro atoms. The molecule has 1 fully saturated rings. The van der Waals surface area contributed by atoms with Crippen LogP contribution in [0.3, 0.4) is 0 Å². The van der Waals surface area contributed by atoms with Gasteiger partial charge in [-0.1, -0.05) is 24.3 Å². The van der Waals surface area contributed by atoms with E-state index in [4.69, 9.17) is 9.72 Å². The van der Waals surface area contributed by atoms with E-state index >= 15 is 0 Å². The first-order valence-electron chi connectivity index (χ1n) is 16.4. The lowest BCUT2D eigenvalue weighted by atomic mass is 9.99. The second-order valence-corrected chi connectivity index (χ2v) is 13.6. The molecule has 6 rings (SSSR count). The number of benzene rings is 2. The fraction of sp³-hybridized carbons (Fsp3) is 0.389. The van der Waals surface area contributed by atoms with Gasteiger partial charge in [0, 0.05) is 61.7 Å². The highest BCUT2D eigenvalue weighted by Crippen LogP contribution is 2.32. The standard InChI is InChI=1S/C36H42N6O5S/c1-23-27(8-6-9-28(23)39-34(44)32-19-25-7-4-5-10-31(25)48-32)29-21-41(3)36(46)33(38-29)37-26-13-11-24(12-14-26)20-42-16-18-47-22-30(42)35(45)40(2)15-17-43/h6,8-9,11-14,19,21,30,43H,4-5,7,10,15-18,20,22H2,1-3H3,(H,37,38)(H,39,44). The Bertz CT molecular complexity index is 1830. The van der Waals surface area contributed by atoms with E-state index < -0.39 is 6.04 Å².